The Bertz CT molecular complexity index is 886. The second-order valence-electron chi connectivity index (χ2n) is 7.72. The Labute approximate surface area is 172 Å². The molecule has 0 saturated heterocycles. The Kier molecular flexibility index (Phi) is 6.61. The number of hydrogen-bond acceptors (Lipinski definition) is 4. The number of Topliss-reactive ketones (excluding diaryl/α,β-unsaturated/α-hetero) is 2. The number of ketones is 2. The van der Waals surface area contributed by atoms with Gasteiger partial charge in [-0.15, -0.1) is 0 Å². The number of carbonyl (C=O) groups excluding carboxylic acids is 2. The van der Waals surface area contributed by atoms with Gasteiger partial charge in [-0.1, -0.05) is 56.7 Å². The molecular weight excluding hydrogens is 366 g/mol. The lowest BCUT2D eigenvalue weighted by Gasteiger charge is -2.36. The van der Waals surface area contributed by atoms with Crippen molar-refractivity contribution in [3.05, 3.63) is 47.5 Å². The molecule has 0 aliphatic carbocycles. The van der Waals surface area contributed by atoms with Crippen molar-refractivity contribution in [2.75, 3.05) is 11.4 Å². The molecule has 4 heteroatoms. The lowest BCUT2D eigenvalue weighted by atomic mass is 10.0. The van der Waals surface area contributed by atoms with Gasteiger partial charge in [-0.2, -0.15) is 0 Å². The molecule has 1 heterocycles. The lowest BCUT2D eigenvalue weighted by Crippen LogP contribution is -2.27. The normalized spacial score (nSPS) is 12.7. The van der Waals surface area contributed by atoms with Gasteiger partial charge < -0.3 is 4.90 Å². The Hall–Kier alpha value is -2.07. The summed E-state index contributed by atoms with van der Waals surface area (Å²) in [4.78, 5) is 28.2. The van der Waals surface area contributed by atoms with Gasteiger partial charge in [0.25, 0.3) is 0 Å². The fourth-order valence-electron chi connectivity index (χ4n) is 3.81. The van der Waals surface area contributed by atoms with Crippen molar-refractivity contribution in [1.29, 1.82) is 0 Å². The van der Waals surface area contributed by atoms with Crippen molar-refractivity contribution in [1.82, 2.24) is 0 Å². The molecule has 0 atom stereocenters. The largest absolute Gasteiger partial charge is 0.339 e. The molecule has 3 nitrogen and oxygen atoms in total. The van der Waals surface area contributed by atoms with Gasteiger partial charge in [0.2, 0.25) is 0 Å². The molecule has 0 aromatic heterocycles. The first-order valence-corrected chi connectivity index (χ1v) is 10.9. The van der Waals surface area contributed by atoms with E-state index in [1.165, 1.54) is 21.2 Å². The van der Waals surface area contributed by atoms with E-state index in [4.69, 9.17) is 0 Å². The summed E-state index contributed by atoms with van der Waals surface area (Å²) in [6, 6.07) is 12.7. The number of carbonyl (C=O) groups is 2. The quantitative estimate of drug-likeness (QED) is 0.550. The maximum atomic E-state index is 11.8. The summed E-state index contributed by atoms with van der Waals surface area (Å²) in [5.74, 6) is 0.959. The summed E-state index contributed by atoms with van der Waals surface area (Å²) in [5.41, 5.74) is 4.54. The molecule has 0 fully saturated rings. The van der Waals surface area contributed by atoms with Crippen LogP contribution >= 0.6 is 11.8 Å². The molecule has 0 radical (unpaired) electrons. The third kappa shape index (κ3) is 4.49. The monoisotopic (exact) mass is 395 g/mol. The molecule has 1 aliphatic rings. The fraction of sp³-hybridized carbons (Fsp3) is 0.417. The smallest absolute Gasteiger partial charge is 0.134 e. The highest BCUT2D eigenvalue weighted by Crippen LogP contribution is 2.50. The SMILES string of the molecule is CCC(CC)CN1c2ccc(CC(C)=O)cc2Sc2c(CC(C)=O)cccc21. The Morgan fingerprint density at radius 3 is 2.32 bits per heavy atom. The molecule has 0 unspecified atom stereocenters. The van der Waals surface area contributed by atoms with Crippen molar-refractivity contribution >= 4 is 34.7 Å². The third-order valence-corrected chi connectivity index (χ3v) is 6.60. The van der Waals surface area contributed by atoms with E-state index in [1.54, 1.807) is 25.6 Å². The molecule has 2 aromatic rings. The zero-order chi connectivity index (χ0) is 20.3. The van der Waals surface area contributed by atoms with Crippen molar-refractivity contribution in [2.24, 2.45) is 5.92 Å². The lowest BCUT2D eigenvalue weighted by molar-refractivity contribution is -0.117. The van der Waals surface area contributed by atoms with Gasteiger partial charge in [-0.05, 0) is 49.1 Å². The average molecular weight is 396 g/mol. The van der Waals surface area contributed by atoms with Crippen molar-refractivity contribution in [2.45, 2.75) is 63.2 Å². The molecule has 148 valence electrons. The summed E-state index contributed by atoms with van der Waals surface area (Å²) in [5, 5.41) is 0. The van der Waals surface area contributed by atoms with Crippen LogP contribution in [0, 0.1) is 5.92 Å². The predicted octanol–water partition coefficient (Wildman–Crippen LogP) is 5.99. The van der Waals surface area contributed by atoms with Crippen LogP contribution < -0.4 is 4.90 Å². The maximum absolute atomic E-state index is 11.8. The minimum atomic E-state index is 0.173. The van der Waals surface area contributed by atoms with Crippen LogP contribution in [-0.4, -0.2) is 18.1 Å². The topological polar surface area (TPSA) is 37.4 Å². The highest BCUT2D eigenvalue weighted by atomic mass is 32.2. The zero-order valence-electron chi connectivity index (χ0n) is 17.2. The van der Waals surface area contributed by atoms with Gasteiger partial charge in [-0.3, -0.25) is 9.59 Å². The standard InChI is InChI=1S/C24H29NO2S/c1-5-18(6-2)15-25-21-11-10-19(12-16(3)26)14-23(21)28-24-20(13-17(4)27)8-7-9-22(24)25/h7-11,14,18H,5-6,12-13,15H2,1-4H3. The zero-order valence-corrected chi connectivity index (χ0v) is 18.1. The second-order valence-corrected chi connectivity index (χ2v) is 8.77. The Balaban J connectivity index is 2.09. The second kappa shape index (κ2) is 8.95. The van der Waals surface area contributed by atoms with E-state index in [1.807, 2.05) is 0 Å². The van der Waals surface area contributed by atoms with E-state index >= 15 is 0 Å². The minimum Gasteiger partial charge on any atom is -0.339 e. The molecule has 3 rings (SSSR count). The van der Waals surface area contributed by atoms with Gasteiger partial charge in [0.05, 0.1) is 11.4 Å². The first-order valence-electron chi connectivity index (χ1n) is 10.1. The summed E-state index contributed by atoms with van der Waals surface area (Å²) < 4.78 is 0. The van der Waals surface area contributed by atoms with Crippen LogP contribution in [0.15, 0.2) is 46.2 Å². The Morgan fingerprint density at radius 2 is 1.68 bits per heavy atom. The van der Waals surface area contributed by atoms with Gasteiger partial charge in [0, 0.05) is 29.2 Å². The summed E-state index contributed by atoms with van der Waals surface area (Å²) in [6.45, 7) is 8.73. The van der Waals surface area contributed by atoms with E-state index in [0.717, 1.165) is 30.5 Å². The van der Waals surface area contributed by atoms with E-state index in [9.17, 15) is 9.59 Å². The highest BCUT2D eigenvalue weighted by Gasteiger charge is 2.27. The molecule has 0 spiro atoms. The number of benzene rings is 2. The van der Waals surface area contributed by atoms with E-state index in [-0.39, 0.29) is 11.6 Å². The summed E-state index contributed by atoms with van der Waals surface area (Å²) in [6.07, 6.45) is 3.19. The number of nitrogens with zero attached hydrogens (tertiary/aromatic N) is 1. The number of rotatable bonds is 8. The highest BCUT2D eigenvalue weighted by molar-refractivity contribution is 7.99. The van der Waals surface area contributed by atoms with Gasteiger partial charge in [-0.25, -0.2) is 0 Å². The van der Waals surface area contributed by atoms with E-state index in [2.05, 4.69) is 55.1 Å². The minimum absolute atomic E-state index is 0.173. The van der Waals surface area contributed by atoms with E-state index < -0.39 is 0 Å². The molecule has 0 amide bonds. The predicted molar refractivity (Wildman–Crippen MR) is 117 cm³/mol. The van der Waals surface area contributed by atoms with Crippen LogP contribution in [0.4, 0.5) is 11.4 Å². The van der Waals surface area contributed by atoms with Gasteiger partial charge >= 0.3 is 0 Å². The van der Waals surface area contributed by atoms with Crippen molar-refractivity contribution < 1.29 is 9.59 Å². The molecule has 1 aliphatic heterocycles. The van der Waals surface area contributed by atoms with Crippen LogP contribution in [0.25, 0.3) is 0 Å². The number of hydrogen-bond donors (Lipinski definition) is 0. The first kappa shape index (κ1) is 20.7. The van der Waals surface area contributed by atoms with Crippen LogP contribution in [0.2, 0.25) is 0 Å². The summed E-state index contributed by atoms with van der Waals surface area (Å²) in [7, 11) is 0. The molecular formula is C24H29NO2S. The number of anilines is 2. The van der Waals surface area contributed by atoms with Crippen molar-refractivity contribution in [3.8, 4) is 0 Å². The van der Waals surface area contributed by atoms with Gasteiger partial charge in [0.15, 0.2) is 0 Å². The summed E-state index contributed by atoms with van der Waals surface area (Å²) >= 11 is 1.73. The molecule has 0 bridgehead atoms. The molecule has 28 heavy (non-hydrogen) atoms. The van der Waals surface area contributed by atoms with Crippen LogP contribution in [0.3, 0.4) is 0 Å². The van der Waals surface area contributed by atoms with Gasteiger partial charge in [0.1, 0.15) is 11.6 Å². The fourth-order valence-corrected chi connectivity index (χ4v) is 5.08. The average Bonchev–Trinajstić information content (AvgIpc) is 2.64. The molecule has 0 N–H and O–H groups in total. The van der Waals surface area contributed by atoms with Crippen molar-refractivity contribution in [3.63, 3.8) is 0 Å². The van der Waals surface area contributed by atoms with Crippen LogP contribution in [0.1, 0.15) is 51.7 Å². The first-order chi connectivity index (χ1) is 13.4. The number of fused-ring (bicyclic) bond motifs is 2. The van der Waals surface area contributed by atoms with Crippen LogP contribution in [-0.2, 0) is 22.4 Å². The van der Waals surface area contributed by atoms with Crippen LogP contribution in [0.5, 0.6) is 0 Å². The Morgan fingerprint density at radius 1 is 0.964 bits per heavy atom. The molecule has 0 saturated carbocycles. The maximum Gasteiger partial charge on any atom is 0.134 e. The molecule has 2 aromatic carbocycles. The van der Waals surface area contributed by atoms with E-state index in [0.29, 0.717) is 18.8 Å². The third-order valence-electron chi connectivity index (χ3n) is 5.38.